The molecule has 0 bridgehead atoms. The van der Waals surface area contributed by atoms with Crippen LogP contribution in [0.2, 0.25) is 0 Å². The third-order valence-electron chi connectivity index (χ3n) is 2.52. The van der Waals surface area contributed by atoms with E-state index in [9.17, 15) is 5.11 Å². The van der Waals surface area contributed by atoms with E-state index in [0.717, 1.165) is 11.3 Å². The number of aromatic hydroxyl groups is 1. The largest absolute Gasteiger partial charge is 0.504 e. The fraction of sp³-hybridized carbons (Fsp3) is 0.231. The fourth-order valence-corrected chi connectivity index (χ4v) is 1.54. The number of anilines is 1. The van der Waals surface area contributed by atoms with E-state index in [2.05, 4.69) is 9.97 Å². The summed E-state index contributed by atoms with van der Waals surface area (Å²) in [6.45, 7) is 0. The van der Waals surface area contributed by atoms with Gasteiger partial charge in [-0.25, -0.2) is 9.97 Å². The average Bonchev–Trinajstić information content (AvgIpc) is 2.39. The summed E-state index contributed by atoms with van der Waals surface area (Å²) in [5, 5.41) is 9.82. The van der Waals surface area contributed by atoms with Crippen molar-refractivity contribution in [2.75, 3.05) is 26.1 Å². The number of ether oxygens (including phenoxy) is 1. The second-order valence-corrected chi connectivity index (χ2v) is 4.03. The van der Waals surface area contributed by atoms with Crippen molar-refractivity contribution in [1.29, 1.82) is 0 Å². The highest BCUT2D eigenvalue weighted by molar-refractivity contribution is 5.67. The van der Waals surface area contributed by atoms with Crippen molar-refractivity contribution in [3.63, 3.8) is 0 Å². The highest BCUT2D eigenvalue weighted by atomic mass is 16.5. The SMILES string of the molecule is COc1ccc(-c2nc(N(C)C)ncc2O)cc1. The van der Waals surface area contributed by atoms with Crippen LogP contribution in [0.3, 0.4) is 0 Å². The Kier molecular flexibility index (Phi) is 3.32. The van der Waals surface area contributed by atoms with Crippen LogP contribution in [-0.2, 0) is 0 Å². The molecule has 2 aromatic rings. The molecule has 0 saturated heterocycles. The summed E-state index contributed by atoms with van der Waals surface area (Å²) in [5.41, 5.74) is 1.33. The first kappa shape index (κ1) is 12.2. The lowest BCUT2D eigenvalue weighted by atomic mass is 10.1. The Balaban J connectivity index is 2.45. The Morgan fingerprint density at radius 1 is 1.17 bits per heavy atom. The fourth-order valence-electron chi connectivity index (χ4n) is 1.54. The lowest BCUT2D eigenvalue weighted by Gasteiger charge is -2.12. The first-order chi connectivity index (χ1) is 8.61. The van der Waals surface area contributed by atoms with Gasteiger partial charge in [-0.15, -0.1) is 0 Å². The molecule has 1 heterocycles. The highest BCUT2D eigenvalue weighted by Crippen LogP contribution is 2.28. The van der Waals surface area contributed by atoms with Gasteiger partial charge in [0.05, 0.1) is 13.3 Å². The molecule has 5 heteroatoms. The van der Waals surface area contributed by atoms with E-state index in [1.54, 1.807) is 12.0 Å². The summed E-state index contributed by atoms with van der Waals surface area (Å²) < 4.78 is 5.09. The number of hydrogen-bond donors (Lipinski definition) is 1. The Labute approximate surface area is 106 Å². The van der Waals surface area contributed by atoms with Crippen molar-refractivity contribution < 1.29 is 9.84 Å². The van der Waals surface area contributed by atoms with E-state index in [1.165, 1.54) is 6.20 Å². The summed E-state index contributed by atoms with van der Waals surface area (Å²) in [4.78, 5) is 10.1. The number of methoxy groups -OCH3 is 1. The maximum Gasteiger partial charge on any atom is 0.225 e. The lowest BCUT2D eigenvalue weighted by molar-refractivity contribution is 0.415. The van der Waals surface area contributed by atoms with Gasteiger partial charge in [-0.1, -0.05) is 0 Å². The van der Waals surface area contributed by atoms with Crippen molar-refractivity contribution in [1.82, 2.24) is 9.97 Å². The second kappa shape index (κ2) is 4.91. The minimum Gasteiger partial charge on any atom is -0.504 e. The number of hydrogen-bond acceptors (Lipinski definition) is 5. The second-order valence-electron chi connectivity index (χ2n) is 4.03. The molecule has 5 nitrogen and oxygen atoms in total. The van der Waals surface area contributed by atoms with Crippen LogP contribution >= 0.6 is 0 Å². The van der Waals surface area contributed by atoms with E-state index in [4.69, 9.17) is 4.74 Å². The van der Waals surface area contributed by atoms with E-state index < -0.39 is 0 Å². The molecule has 0 amide bonds. The monoisotopic (exact) mass is 245 g/mol. The smallest absolute Gasteiger partial charge is 0.225 e. The Morgan fingerprint density at radius 2 is 1.83 bits per heavy atom. The molecule has 18 heavy (non-hydrogen) atoms. The Bertz CT molecular complexity index is 538. The minimum absolute atomic E-state index is 0.0609. The van der Waals surface area contributed by atoms with Gasteiger partial charge in [0.1, 0.15) is 11.4 Å². The van der Waals surface area contributed by atoms with Crippen molar-refractivity contribution in [2.45, 2.75) is 0 Å². The first-order valence-electron chi connectivity index (χ1n) is 5.49. The molecule has 0 aliphatic heterocycles. The van der Waals surface area contributed by atoms with Crippen LogP contribution < -0.4 is 9.64 Å². The van der Waals surface area contributed by atoms with Gasteiger partial charge < -0.3 is 14.7 Å². The number of aromatic nitrogens is 2. The van der Waals surface area contributed by atoms with Crippen LogP contribution in [0.1, 0.15) is 0 Å². The highest BCUT2D eigenvalue weighted by Gasteiger charge is 2.09. The van der Waals surface area contributed by atoms with Crippen LogP contribution in [-0.4, -0.2) is 36.3 Å². The van der Waals surface area contributed by atoms with Crippen LogP contribution in [0.5, 0.6) is 11.5 Å². The first-order valence-corrected chi connectivity index (χ1v) is 5.49. The zero-order chi connectivity index (χ0) is 13.1. The molecule has 0 saturated carbocycles. The van der Waals surface area contributed by atoms with E-state index in [-0.39, 0.29) is 5.75 Å². The molecular formula is C13H15N3O2. The molecule has 1 aromatic carbocycles. The van der Waals surface area contributed by atoms with E-state index in [1.807, 2.05) is 38.4 Å². The maximum atomic E-state index is 9.82. The van der Waals surface area contributed by atoms with Gasteiger partial charge in [0.15, 0.2) is 5.75 Å². The van der Waals surface area contributed by atoms with Crippen molar-refractivity contribution in [3.8, 4) is 22.8 Å². The minimum atomic E-state index is 0.0609. The normalized spacial score (nSPS) is 10.2. The van der Waals surface area contributed by atoms with Gasteiger partial charge >= 0.3 is 0 Å². The third-order valence-corrected chi connectivity index (χ3v) is 2.52. The number of benzene rings is 1. The molecule has 1 aromatic heterocycles. The number of rotatable bonds is 3. The van der Waals surface area contributed by atoms with Crippen LogP contribution in [0.25, 0.3) is 11.3 Å². The van der Waals surface area contributed by atoms with Gasteiger partial charge in [-0.05, 0) is 24.3 Å². The van der Waals surface area contributed by atoms with Gasteiger partial charge in [0, 0.05) is 19.7 Å². The van der Waals surface area contributed by atoms with Crippen LogP contribution in [0.4, 0.5) is 5.95 Å². The van der Waals surface area contributed by atoms with Gasteiger partial charge in [-0.3, -0.25) is 0 Å². The molecule has 0 unspecified atom stereocenters. The van der Waals surface area contributed by atoms with Crippen molar-refractivity contribution in [2.24, 2.45) is 0 Å². The zero-order valence-corrected chi connectivity index (χ0v) is 10.6. The predicted octanol–water partition coefficient (Wildman–Crippen LogP) is 1.92. The molecule has 0 aliphatic carbocycles. The maximum absolute atomic E-state index is 9.82. The zero-order valence-electron chi connectivity index (χ0n) is 10.6. The Morgan fingerprint density at radius 3 is 2.39 bits per heavy atom. The summed E-state index contributed by atoms with van der Waals surface area (Å²) in [7, 11) is 5.32. The predicted molar refractivity (Wildman–Crippen MR) is 70.0 cm³/mol. The van der Waals surface area contributed by atoms with Crippen molar-refractivity contribution >= 4 is 5.95 Å². The topological polar surface area (TPSA) is 58.5 Å². The van der Waals surface area contributed by atoms with Crippen molar-refractivity contribution in [3.05, 3.63) is 30.5 Å². The average molecular weight is 245 g/mol. The lowest BCUT2D eigenvalue weighted by Crippen LogP contribution is -2.12. The molecule has 94 valence electrons. The molecular weight excluding hydrogens is 230 g/mol. The van der Waals surface area contributed by atoms with Crippen LogP contribution in [0, 0.1) is 0 Å². The number of nitrogens with zero attached hydrogens (tertiary/aromatic N) is 3. The summed E-state index contributed by atoms with van der Waals surface area (Å²) in [6, 6.07) is 7.35. The quantitative estimate of drug-likeness (QED) is 0.895. The van der Waals surface area contributed by atoms with Gasteiger partial charge in [-0.2, -0.15) is 0 Å². The standard InChI is InChI=1S/C13H15N3O2/c1-16(2)13-14-8-11(17)12(15-13)9-4-6-10(18-3)7-5-9/h4-8,17H,1-3H3. The molecule has 0 aliphatic rings. The summed E-state index contributed by atoms with van der Waals surface area (Å²) >= 11 is 0. The molecule has 0 atom stereocenters. The van der Waals surface area contributed by atoms with E-state index >= 15 is 0 Å². The van der Waals surface area contributed by atoms with Gasteiger partial charge in [0.2, 0.25) is 5.95 Å². The Hall–Kier alpha value is -2.30. The molecule has 1 N–H and O–H groups in total. The molecule has 0 spiro atoms. The van der Waals surface area contributed by atoms with Crippen LogP contribution in [0.15, 0.2) is 30.5 Å². The summed E-state index contributed by atoms with van der Waals surface area (Å²) in [5.74, 6) is 1.38. The molecule has 2 rings (SSSR count). The third kappa shape index (κ3) is 2.34. The molecule has 0 fully saturated rings. The van der Waals surface area contributed by atoms with Gasteiger partial charge in [0.25, 0.3) is 0 Å². The van der Waals surface area contributed by atoms with E-state index in [0.29, 0.717) is 11.6 Å². The molecule has 0 radical (unpaired) electrons. The summed E-state index contributed by atoms with van der Waals surface area (Å²) in [6.07, 6.45) is 1.40.